The second-order valence-electron chi connectivity index (χ2n) is 7.43. The second kappa shape index (κ2) is 7.75. The molecule has 3 aromatic rings. The zero-order valence-electron chi connectivity index (χ0n) is 15.9. The number of nitrogens with one attached hydrogen (secondary N) is 1. The highest BCUT2D eigenvalue weighted by Crippen LogP contribution is 2.37. The highest BCUT2D eigenvalue weighted by Gasteiger charge is 2.41. The molecule has 1 aliphatic carbocycles. The van der Waals surface area contributed by atoms with E-state index in [0.717, 1.165) is 12.8 Å². The van der Waals surface area contributed by atoms with Gasteiger partial charge >= 0.3 is 0 Å². The van der Waals surface area contributed by atoms with Crippen molar-refractivity contribution in [3.05, 3.63) is 28.0 Å². The third kappa shape index (κ3) is 4.06. The number of alkyl halides is 2. The maximum atomic E-state index is 13.0. The molecule has 162 valence electrons. The van der Waals surface area contributed by atoms with Crippen LogP contribution in [-0.2, 0) is 16.4 Å². The Hall–Kier alpha value is -1.73. The molecule has 1 aliphatic rings. The minimum atomic E-state index is -3.84. The van der Waals surface area contributed by atoms with E-state index in [1.807, 2.05) is 6.92 Å². The predicted octanol–water partition coefficient (Wildman–Crippen LogP) is 3.17. The van der Waals surface area contributed by atoms with Crippen molar-refractivity contribution >= 4 is 38.5 Å². The molecule has 0 unspecified atom stereocenters. The van der Waals surface area contributed by atoms with Gasteiger partial charge in [-0.05, 0) is 45.2 Å². The predicted molar refractivity (Wildman–Crippen MR) is 109 cm³/mol. The number of hydrogen-bond acceptors (Lipinski definition) is 7. The van der Waals surface area contributed by atoms with Crippen molar-refractivity contribution in [1.82, 2.24) is 24.3 Å². The summed E-state index contributed by atoms with van der Waals surface area (Å²) in [5, 5.41) is 7.20. The Morgan fingerprint density at radius 1 is 1.40 bits per heavy atom. The van der Waals surface area contributed by atoms with Crippen LogP contribution in [0.1, 0.15) is 43.3 Å². The summed E-state index contributed by atoms with van der Waals surface area (Å²) in [5.74, 6) is 0.206. The number of imidazole rings is 1. The minimum Gasteiger partial charge on any atom is -0.330 e. The standard InChI is InChI=1S/C17H19ClF2N6O2S2/c1-17(4-5-17)25-30(27,28)9-7-10(18)12-11(3-2-6-21)22-14(26(12)8-9)16-24-23-15(29-16)13(19)20/h7-8,13,25H,2-6,21H2,1H3. The molecule has 8 nitrogen and oxygen atoms in total. The van der Waals surface area contributed by atoms with E-state index in [1.165, 1.54) is 16.7 Å². The van der Waals surface area contributed by atoms with E-state index in [4.69, 9.17) is 17.3 Å². The number of hydrogen-bond donors (Lipinski definition) is 2. The van der Waals surface area contributed by atoms with Crippen LogP contribution in [-0.4, -0.2) is 40.1 Å². The van der Waals surface area contributed by atoms with Crippen molar-refractivity contribution in [1.29, 1.82) is 0 Å². The quantitative estimate of drug-likeness (QED) is 0.516. The Kier molecular flexibility index (Phi) is 5.56. The molecule has 3 N–H and O–H groups in total. The fourth-order valence-electron chi connectivity index (χ4n) is 3.04. The van der Waals surface area contributed by atoms with Crippen LogP contribution < -0.4 is 10.5 Å². The van der Waals surface area contributed by atoms with Gasteiger partial charge in [0.15, 0.2) is 15.8 Å². The first-order chi connectivity index (χ1) is 14.1. The molecule has 0 aromatic carbocycles. The van der Waals surface area contributed by atoms with Gasteiger partial charge in [0.05, 0.1) is 16.2 Å². The monoisotopic (exact) mass is 476 g/mol. The highest BCUT2D eigenvalue weighted by atomic mass is 35.5. The average molecular weight is 477 g/mol. The van der Waals surface area contributed by atoms with E-state index < -0.39 is 27.0 Å². The highest BCUT2D eigenvalue weighted by molar-refractivity contribution is 7.89. The fourth-order valence-corrected chi connectivity index (χ4v) is 5.60. The lowest BCUT2D eigenvalue weighted by atomic mass is 10.2. The first-order valence-corrected chi connectivity index (χ1v) is 11.9. The van der Waals surface area contributed by atoms with Crippen LogP contribution in [0.2, 0.25) is 5.02 Å². The van der Waals surface area contributed by atoms with Crippen molar-refractivity contribution in [2.24, 2.45) is 5.73 Å². The van der Waals surface area contributed by atoms with Gasteiger partial charge in [0.2, 0.25) is 10.0 Å². The van der Waals surface area contributed by atoms with Crippen molar-refractivity contribution in [3.8, 4) is 10.8 Å². The molecule has 3 heterocycles. The number of aromatic nitrogens is 4. The van der Waals surface area contributed by atoms with Crippen LogP contribution >= 0.6 is 22.9 Å². The molecule has 0 bridgehead atoms. The van der Waals surface area contributed by atoms with Gasteiger partial charge in [-0.1, -0.05) is 22.9 Å². The molecule has 0 spiro atoms. The molecule has 4 rings (SSSR count). The summed E-state index contributed by atoms with van der Waals surface area (Å²) >= 11 is 7.16. The summed E-state index contributed by atoms with van der Waals surface area (Å²) < 4.78 is 55.8. The molecule has 0 amide bonds. The lowest BCUT2D eigenvalue weighted by Gasteiger charge is -2.13. The van der Waals surface area contributed by atoms with Gasteiger partial charge in [0.25, 0.3) is 6.43 Å². The van der Waals surface area contributed by atoms with Crippen molar-refractivity contribution in [2.75, 3.05) is 6.54 Å². The lowest BCUT2D eigenvalue weighted by Crippen LogP contribution is -2.34. The first-order valence-electron chi connectivity index (χ1n) is 9.20. The summed E-state index contributed by atoms with van der Waals surface area (Å²) in [4.78, 5) is 4.47. The third-order valence-corrected chi connectivity index (χ3v) is 7.68. The molecule has 3 aromatic heterocycles. The number of nitrogens with two attached hydrogens (primary N) is 1. The SMILES string of the molecule is CC1(NS(=O)(=O)c2cc(Cl)c3c(CCCN)nc(-c4nnc(C(F)F)s4)n3c2)CC1. The number of halogens is 3. The van der Waals surface area contributed by atoms with E-state index in [0.29, 0.717) is 41.9 Å². The van der Waals surface area contributed by atoms with Crippen LogP contribution in [0.25, 0.3) is 16.3 Å². The van der Waals surface area contributed by atoms with Crippen LogP contribution in [0.4, 0.5) is 8.78 Å². The number of sulfonamides is 1. The number of aryl methyl sites for hydroxylation is 1. The zero-order valence-corrected chi connectivity index (χ0v) is 18.3. The minimum absolute atomic E-state index is 0.0456. The van der Waals surface area contributed by atoms with Crippen LogP contribution in [0, 0.1) is 0 Å². The number of pyridine rings is 1. The van der Waals surface area contributed by atoms with Crippen molar-refractivity contribution in [3.63, 3.8) is 0 Å². The average Bonchev–Trinajstić information content (AvgIpc) is 3.09. The molecule has 1 saturated carbocycles. The van der Waals surface area contributed by atoms with E-state index in [2.05, 4.69) is 19.9 Å². The summed E-state index contributed by atoms with van der Waals surface area (Å²) in [6.45, 7) is 2.25. The molecule has 30 heavy (non-hydrogen) atoms. The normalized spacial score (nSPS) is 15.9. The van der Waals surface area contributed by atoms with E-state index >= 15 is 0 Å². The van der Waals surface area contributed by atoms with E-state index in [-0.39, 0.29) is 20.8 Å². The largest absolute Gasteiger partial charge is 0.330 e. The third-order valence-electron chi connectivity index (χ3n) is 4.86. The van der Waals surface area contributed by atoms with E-state index in [9.17, 15) is 17.2 Å². The van der Waals surface area contributed by atoms with Crippen molar-refractivity contribution in [2.45, 2.75) is 49.5 Å². The van der Waals surface area contributed by atoms with Gasteiger partial charge in [-0.25, -0.2) is 26.9 Å². The van der Waals surface area contributed by atoms with Gasteiger partial charge in [-0.2, -0.15) is 0 Å². The smallest absolute Gasteiger partial charge is 0.291 e. The Morgan fingerprint density at radius 3 is 2.73 bits per heavy atom. The van der Waals surface area contributed by atoms with Crippen molar-refractivity contribution < 1.29 is 17.2 Å². The molecule has 13 heteroatoms. The fraction of sp³-hybridized carbons (Fsp3) is 0.471. The second-order valence-corrected chi connectivity index (χ2v) is 10.5. The first kappa shape index (κ1) is 21.5. The van der Waals surface area contributed by atoms with E-state index in [1.54, 1.807) is 0 Å². The number of nitrogens with zero attached hydrogens (tertiary/aromatic N) is 4. The van der Waals surface area contributed by atoms with Gasteiger partial charge in [0, 0.05) is 11.7 Å². The van der Waals surface area contributed by atoms with Crippen LogP contribution in [0.3, 0.4) is 0 Å². The zero-order chi connectivity index (χ0) is 21.7. The van der Waals surface area contributed by atoms with Crippen LogP contribution in [0.15, 0.2) is 17.2 Å². The summed E-state index contributed by atoms with van der Waals surface area (Å²) in [7, 11) is -3.84. The molecule has 0 atom stereocenters. The summed E-state index contributed by atoms with van der Waals surface area (Å²) in [6.07, 6.45) is 1.24. The Labute approximate surface area is 180 Å². The van der Waals surface area contributed by atoms with Gasteiger partial charge in [0.1, 0.15) is 4.90 Å². The molecular formula is C17H19ClF2N6O2S2. The Bertz CT molecular complexity index is 1210. The Morgan fingerprint density at radius 2 is 2.13 bits per heavy atom. The topological polar surface area (TPSA) is 115 Å². The molecule has 0 radical (unpaired) electrons. The summed E-state index contributed by atoms with van der Waals surface area (Å²) in [5.41, 5.74) is 6.21. The lowest BCUT2D eigenvalue weighted by molar-refractivity contribution is 0.150. The molecule has 0 aliphatic heterocycles. The maximum Gasteiger partial charge on any atom is 0.291 e. The summed E-state index contributed by atoms with van der Waals surface area (Å²) in [6, 6.07) is 1.37. The Balaban J connectivity index is 1.88. The number of fused-ring (bicyclic) bond motifs is 1. The van der Waals surface area contributed by atoms with Gasteiger partial charge in [-0.3, -0.25) is 4.40 Å². The van der Waals surface area contributed by atoms with Gasteiger partial charge < -0.3 is 5.73 Å². The molecule has 0 saturated heterocycles. The molecule has 1 fully saturated rings. The van der Waals surface area contributed by atoms with Crippen LogP contribution in [0.5, 0.6) is 0 Å². The molecular weight excluding hydrogens is 458 g/mol. The number of rotatable bonds is 8. The van der Waals surface area contributed by atoms with Gasteiger partial charge in [-0.15, -0.1) is 10.2 Å². The maximum absolute atomic E-state index is 13.0.